The fraction of sp³-hybridized carbons (Fsp3) is 0.476. The van der Waals surface area contributed by atoms with E-state index < -0.39 is 15.6 Å². The zero-order valence-corrected chi connectivity index (χ0v) is 17.1. The van der Waals surface area contributed by atoms with Crippen molar-refractivity contribution in [1.29, 1.82) is 0 Å². The summed E-state index contributed by atoms with van der Waals surface area (Å²) in [4.78, 5) is 4.80. The van der Waals surface area contributed by atoms with Crippen molar-refractivity contribution in [3.05, 3.63) is 59.4 Å². The number of aromatic nitrogens is 1. The van der Waals surface area contributed by atoms with E-state index in [-0.39, 0.29) is 6.10 Å². The Kier molecular flexibility index (Phi) is 5.26. The number of pyridine rings is 1. The van der Waals surface area contributed by atoms with Crippen LogP contribution in [0.5, 0.6) is 0 Å². The van der Waals surface area contributed by atoms with Gasteiger partial charge in [-0.25, -0.2) is 8.42 Å². The third-order valence-electron chi connectivity index (χ3n) is 5.45. The molecule has 2 fully saturated rings. The van der Waals surface area contributed by atoms with Crippen LogP contribution in [0.25, 0.3) is 0 Å². The van der Waals surface area contributed by atoms with Crippen molar-refractivity contribution in [3.63, 3.8) is 0 Å². The van der Waals surface area contributed by atoms with Gasteiger partial charge in [0.15, 0.2) is 0 Å². The Balaban J connectivity index is 1.36. The van der Waals surface area contributed by atoms with Gasteiger partial charge in [0.1, 0.15) is 0 Å². The standard InChI is InChI=1S/C21H26N2O4S/c1-16-6-8-20(9-7-16)28(24,25)23-14-21(15-23)12-19(10-11-27-21)26-13-18-5-3-4-17(2)22-18/h3-9,19H,10-15H2,1-2H3/t19-/m1/s1. The lowest BCUT2D eigenvalue weighted by Crippen LogP contribution is -2.67. The first-order valence-corrected chi connectivity index (χ1v) is 11.1. The third kappa shape index (κ3) is 3.98. The van der Waals surface area contributed by atoms with Crippen LogP contribution in [0.4, 0.5) is 0 Å². The average Bonchev–Trinajstić information content (AvgIpc) is 2.65. The minimum Gasteiger partial charge on any atom is -0.372 e. The molecule has 1 atom stereocenters. The predicted octanol–water partition coefficient (Wildman–Crippen LogP) is 2.84. The van der Waals surface area contributed by atoms with Crippen molar-refractivity contribution >= 4 is 10.0 Å². The maximum atomic E-state index is 12.8. The molecule has 4 rings (SSSR count). The summed E-state index contributed by atoms with van der Waals surface area (Å²) < 4.78 is 39.2. The van der Waals surface area contributed by atoms with Gasteiger partial charge in [0.05, 0.1) is 28.9 Å². The van der Waals surface area contributed by atoms with Crippen LogP contribution in [0.3, 0.4) is 0 Å². The predicted molar refractivity (Wildman–Crippen MR) is 105 cm³/mol. The summed E-state index contributed by atoms with van der Waals surface area (Å²) in [6.45, 7) is 5.72. The Labute approximate surface area is 166 Å². The van der Waals surface area contributed by atoms with E-state index >= 15 is 0 Å². The quantitative estimate of drug-likeness (QED) is 0.769. The van der Waals surface area contributed by atoms with E-state index in [0.29, 0.717) is 37.6 Å². The molecule has 0 saturated carbocycles. The molecular formula is C21H26N2O4S. The highest BCUT2D eigenvalue weighted by Gasteiger charge is 2.52. The Morgan fingerprint density at radius 1 is 1.18 bits per heavy atom. The van der Waals surface area contributed by atoms with E-state index in [0.717, 1.165) is 23.4 Å². The number of hydrogen-bond donors (Lipinski definition) is 0. The Morgan fingerprint density at radius 2 is 1.93 bits per heavy atom. The Hall–Kier alpha value is -1.80. The van der Waals surface area contributed by atoms with E-state index in [1.165, 1.54) is 4.31 Å². The van der Waals surface area contributed by atoms with E-state index in [4.69, 9.17) is 9.47 Å². The number of rotatable bonds is 5. The van der Waals surface area contributed by atoms with Gasteiger partial charge >= 0.3 is 0 Å². The first kappa shape index (κ1) is 19.5. The van der Waals surface area contributed by atoms with Gasteiger partial charge in [-0.3, -0.25) is 4.98 Å². The van der Waals surface area contributed by atoms with E-state index in [1.54, 1.807) is 12.1 Å². The summed E-state index contributed by atoms with van der Waals surface area (Å²) in [6, 6.07) is 12.9. The van der Waals surface area contributed by atoms with Crippen LogP contribution in [-0.4, -0.2) is 49.1 Å². The number of ether oxygens (including phenoxy) is 2. The maximum Gasteiger partial charge on any atom is 0.243 e. The Morgan fingerprint density at radius 3 is 2.64 bits per heavy atom. The van der Waals surface area contributed by atoms with E-state index in [2.05, 4.69) is 4.98 Å². The highest BCUT2D eigenvalue weighted by atomic mass is 32.2. The van der Waals surface area contributed by atoms with Gasteiger partial charge in [-0.05, 0) is 44.5 Å². The summed E-state index contributed by atoms with van der Waals surface area (Å²) >= 11 is 0. The van der Waals surface area contributed by atoms with E-state index in [1.807, 2.05) is 44.2 Å². The van der Waals surface area contributed by atoms with Crippen LogP contribution in [0.1, 0.15) is 29.8 Å². The number of aryl methyl sites for hydroxylation is 2. The molecule has 6 nitrogen and oxygen atoms in total. The molecule has 0 amide bonds. The topological polar surface area (TPSA) is 68.7 Å². The molecule has 0 N–H and O–H groups in total. The molecule has 2 aliphatic heterocycles. The number of nitrogens with zero attached hydrogens (tertiary/aromatic N) is 2. The molecule has 2 aliphatic rings. The number of benzene rings is 1. The molecule has 1 spiro atoms. The molecule has 7 heteroatoms. The van der Waals surface area contributed by atoms with Crippen molar-refractivity contribution in [2.24, 2.45) is 0 Å². The number of sulfonamides is 1. The highest BCUT2D eigenvalue weighted by molar-refractivity contribution is 7.89. The van der Waals surface area contributed by atoms with Gasteiger partial charge in [0.2, 0.25) is 10.0 Å². The summed E-state index contributed by atoms with van der Waals surface area (Å²) in [7, 11) is -3.47. The van der Waals surface area contributed by atoms with Crippen molar-refractivity contribution in [2.75, 3.05) is 19.7 Å². The van der Waals surface area contributed by atoms with E-state index in [9.17, 15) is 8.42 Å². The summed E-state index contributed by atoms with van der Waals surface area (Å²) in [6.07, 6.45) is 1.58. The second kappa shape index (κ2) is 7.55. The van der Waals surface area contributed by atoms with Crippen LogP contribution in [0, 0.1) is 13.8 Å². The lowest BCUT2D eigenvalue weighted by atomic mass is 9.86. The normalized spacial score (nSPS) is 22.1. The minimum absolute atomic E-state index is 0.0558. The van der Waals surface area contributed by atoms with Crippen molar-refractivity contribution in [3.8, 4) is 0 Å². The van der Waals surface area contributed by atoms with Crippen LogP contribution in [0.2, 0.25) is 0 Å². The maximum absolute atomic E-state index is 12.8. The van der Waals surface area contributed by atoms with Crippen LogP contribution < -0.4 is 0 Å². The molecule has 150 valence electrons. The molecule has 28 heavy (non-hydrogen) atoms. The van der Waals surface area contributed by atoms with Gasteiger partial charge in [-0.15, -0.1) is 0 Å². The third-order valence-corrected chi connectivity index (χ3v) is 7.25. The molecule has 0 radical (unpaired) electrons. The van der Waals surface area contributed by atoms with Gasteiger partial charge in [-0.2, -0.15) is 4.31 Å². The lowest BCUT2D eigenvalue weighted by Gasteiger charge is -2.52. The molecular weight excluding hydrogens is 376 g/mol. The summed E-state index contributed by atoms with van der Waals surface area (Å²) in [5.41, 5.74) is 2.50. The van der Waals surface area contributed by atoms with Crippen LogP contribution >= 0.6 is 0 Å². The van der Waals surface area contributed by atoms with Crippen molar-refractivity contribution in [1.82, 2.24) is 9.29 Å². The molecule has 0 bridgehead atoms. The zero-order chi connectivity index (χ0) is 19.8. The average molecular weight is 403 g/mol. The second-order valence-electron chi connectivity index (χ2n) is 7.81. The second-order valence-corrected chi connectivity index (χ2v) is 9.75. The van der Waals surface area contributed by atoms with Crippen LogP contribution in [0.15, 0.2) is 47.4 Å². The molecule has 2 aromatic rings. The minimum atomic E-state index is -3.47. The lowest BCUT2D eigenvalue weighted by molar-refractivity contribution is -0.180. The largest absolute Gasteiger partial charge is 0.372 e. The summed E-state index contributed by atoms with van der Waals surface area (Å²) in [5.74, 6) is 0. The molecule has 1 aromatic heterocycles. The van der Waals surface area contributed by atoms with Crippen molar-refractivity contribution < 1.29 is 17.9 Å². The molecule has 0 aliphatic carbocycles. The first-order valence-electron chi connectivity index (χ1n) is 9.61. The molecule has 2 saturated heterocycles. The molecule has 0 unspecified atom stereocenters. The van der Waals surface area contributed by atoms with Gasteiger partial charge in [0, 0.05) is 31.8 Å². The van der Waals surface area contributed by atoms with Gasteiger partial charge < -0.3 is 9.47 Å². The highest BCUT2D eigenvalue weighted by Crippen LogP contribution is 2.38. The SMILES string of the molecule is Cc1ccc(S(=O)(=O)N2CC3(C[C@H](OCc4cccc(C)n4)CCO3)C2)cc1. The first-order chi connectivity index (χ1) is 13.4. The fourth-order valence-electron chi connectivity index (χ4n) is 3.85. The van der Waals surface area contributed by atoms with Gasteiger partial charge in [0.25, 0.3) is 0 Å². The van der Waals surface area contributed by atoms with Crippen molar-refractivity contribution in [2.45, 2.75) is 49.9 Å². The molecule has 3 heterocycles. The number of hydrogen-bond acceptors (Lipinski definition) is 5. The van der Waals surface area contributed by atoms with Gasteiger partial charge in [-0.1, -0.05) is 23.8 Å². The Bertz CT molecular complexity index is 937. The summed E-state index contributed by atoms with van der Waals surface area (Å²) in [5, 5.41) is 0. The monoisotopic (exact) mass is 402 g/mol. The smallest absolute Gasteiger partial charge is 0.243 e. The molecule has 1 aromatic carbocycles. The fourth-order valence-corrected chi connectivity index (χ4v) is 5.44. The van der Waals surface area contributed by atoms with Crippen LogP contribution in [-0.2, 0) is 26.1 Å². The zero-order valence-electron chi connectivity index (χ0n) is 16.3.